The van der Waals surface area contributed by atoms with Gasteiger partial charge in [-0.25, -0.2) is 0 Å². The molecule has 0 amide bonds. The fourth-order valence-corrected chi connectivity index (χ4v) is 8.16. The molecule has 0 atom stereocenters. The van der Waals surface area contributed by atoms with Crippen LogP contribution in [0.4, 0.5) is 11.4 Å². The summed E-state index contributed by atoms with van der Waals surface area (Å²) in [6, 6.07) is 15.6. The van der Waals surface area contributed by atoms with Gasteiger partial charge in [0.25, 0.3) is 20.2 Å². The molecule has 1 fully saturated rings. The van der Waals surface area contributed by atoms with Crippen LogP contribution in [0.3, 0.4) is 0 Å². The maximum Gasteiger partial charge on any atom is 1.00 e. The summed E-state index contributed by atoms with van der Waals surface area (Å²) in [6.07, 6.45) is 9.19. The van der Waals surface area contributed by atoms with Crippen LogP contribution >= 0.6 is 23.5 Å². The number of para-hydroxylation sites is 2. The number of ketones is 1. The van der Waals surface area contributed by atoms with E-state index >= 15 is 0 Å². The molecule has 0 bridgehead atoms. The molecule has 43 heavy (non-hydrogen) atoms. The Morgan fingerprint density at radius 1 is 0.674 bits per heavy atom. The number of carbonyl (C=O) groups excluding carboxylic acids is 1. The normalized spacial score (nSPS) is 20.4. The Morgan fingerprint density at radius 2 is 1.07 bits per heavy atom. The standard InChI is InChI=1S/C29H30N2O7S4.K/c32-29-21(13-15-27-30(17-5-19-41(33,34)35)23-7-1-3-9-25(23)39-27)11-12-22(29)14-16-28-31(18-6-20-42(36,37)38)24-8-2-4-10-26(24)40-28;/h1-4,7-10,13-16H,5-6,11-12,17-20H2,(H,33,34,35)(H,36,37,38);/q;+1/b21-13+,22-14+,27-15-,28-16-;. The van der Waals surface area contributed by atoms with Crippen LogP contribution in [0.5, 0.6) is 0 Å². The third kappa shape index (κ3) is 9.19. The molecule has 0 radical (unpaired) electrons. The molecule has 0 aromatic heterocycles. The maximum absolute atomic E-state index is 13.3. The molecule has 0 unspecified atom stereocenters. The number of thioether (sulfide) groups is 2. The average Bonchev–Trinajstić information content (AvgIpc) is 3.58. The van der Waals surface area contributed by atoms with Crippen molar-refractivity contribution in [2.75, 3.05) is 34.4 Å². The number of benzene rings is 2. The SMILES string of the molecule is O=C1/C(=C/C=C2\Sc3ccccc3N2CCCS(=O)(=O)O)CC/C1=C\C=C1/Sc2ccccc2N1CCCS(=O)(=O)O.[K+]. The monoisotopic (exact) mass is 685 g/mol. The van der Waals surface area contributed by atoms with E-state index in [-0.39, 0.29) is 81.5 Å². The summed E-state index contributed by atoms with van der Waals surface area (Å²) < 4.78 is 63.2. The summed E-state index contributed by atoms with van der Waals surface area (Å²) in [4.78, 5) is 19.3. The van der Waals surface area contributed by atoms with Gasteiger partial charge in [0.05, 0.1) is 32.9 Å². The van der Waals surface area contributed by atoms with Crippen LogP contribution in [0.1, 0.15) is 25.7 Å². The van der Waals surface area contributed by atoms with Gasteiger partial charge in [0.15, 0.2) is 5.78 Å². The van der Waals surface area contributed by atoms with E-state index in [0.717, 1.165) is 31.2 Å². The third-order valence-corrected chi connectivity index (χ3v) is 10.8. The van der Waals surface area contributed by atoms with E-state index in [1.165, 1.54) is 0 Å². The van der Waals surface area contributed by atoms with Crippen molar-refractivity contribution in [2.24, 2.45) is 0 Å². The van der Waals surface area contributed by atoms with Gasteiger partial charge >= 0.3 is 51.4 Å². The van der Waals surface area contributed by atoms with Gasteiger partial charge in [-0.3, -0.25) is 13.9 Å². The van der Waals surface area contributed by atoms with E-state index in [1.54, 1.807) is 23.5 Å². The van der Waals surface area contributed by atoms with Crippen LogP contribution < -0.4 is 61.2 Å². The topological polar surface area (TPSA) is 132 Å². The number of anilines is 2. The van der Waals surface area contributed by atoms with Crippen molar-refractivity contribution >= 4 is 60.9 Å². The summed E-state index contributed by atoms with van der Waals surface area (Å²) >= 11 is 3.10. The zero-order chi connectivity index (χ0) is 29.9. The third-order valence-electron chi connectivity index (χ3n) is 6.94. The van der Waals surface area contributed by atoms with E-state index in [9.17, 15) is 21.6 Å². The molecular weight excluding hydrogens is 656 g/mol. The molecule has 222 valence electrons. The van der Waals surface area contributed by atoms with E-state index < -0.39 is 20.2 Å². The number of Topliss-reactive ketones (excluding diaryl/α,β-unsaturated/α-hetero) is 1. The molecule has 2 aromatic carbocycles. The number of carbonyl (C=O) groups is 1. The summed E-state index contributed by atoms with van der Waals surface area (Å²) in [5.41, 5.74) is 3.30. The molecule has 2 aromatic rings. The van der Waals surface area contributed by atoms with E-state index in [0.29, 0.717) is 37.1 Å². The predicted molar refractivity (Wildman–Crippen MR) is 168 cm³/mol. The van der Waals surface area contributed by atoms with Crippen molar-refractivity contribution in [3.63, 3.8) is 0 Å². The summed E-state index contributed by atoms with van der Waals surface area (Å²) in [5.74, 6) is -0.678. The first-order valence-corrected chi connectivity index (χ1v) is 18.2. The quantitative estimate of drug-likeness (QED) is 0.217. The second-order valence-electron chi connectivity index (χ2n) is 9.94. The van der Waals surface area contributed by atoms with Gasteiger partial charge in [0.1, 0.15) is 0 Å². The van der Waals surface area contributed by atoms with Crippen LogP contribution in [0.2, 0.25) is 0 Å². The molecule has 5 rings (SSSR count). The molecule has 2 aliphatic heterocycles. The van der Waals surface area contributed by atoms with Crippen molar-refractivity contribution in [3.05, 3.63) is 94.0 Å². The second-order valence-corrected chi connectivity index (χ2v) is 15.2. The molecular formula is C29H30KN2O7S4+. The number of hydrogen-bond acceptors (Lipinski definition) is 9. The minimum atomic E-state index is -4.05. The van der Waals surface area contributed by atoms with Gasteiger partial charge in [0.2, 0.25) is 0 Å². The fourth-order valence-electron chi connectivity index (χ4n) is 4.99. The number of allylic oxidation sites excluding steroid dienone is 6. The van der Waals surface area contributed by atoms with E-state index in [1.807, 2.05) is 82.6 Å². The zero-order valence-corrected chi connectivity index (χ0v) is 29.9. The minimum Gasteiger partial charge on any atom is -0.335 e. The van der Waals surface area contributed by atoms with Gasteiger partial charge < -0.3 is 9.80 Å². The Balaban J connectivity index is 0.00000423. The summed E-state index contributed by atoms with van der Waals surface area (Å²) in [7, 11) is -8.10. The molecule has 3 aliphatic rings. The van der Waals surface area contributed by atoms with E-state index in [4.69, 9.17) is 9.11 Å². The van der Waals surface area contributed by atoms with E-state index in [2.05, 4.69) is 0 Å². The fraction of sp³-hybridized carbons (Fsp3) is 0.276. The Bertz CT molecular complexity index is 1610. The first-order valence-electron chi connectivity index (χ1n) is 13.3. The van der Waals surface area contributed by atoms with Gasteiger partial charge in [-0.1, -0.05) is 59.9 Å². The molecule has 0 saturated heterocycles. The van der Waals surface area contributed by atoms with Gasteiger partial charge in [-0.2, -0.15) is 16.8 Å². The molecule has 1 saturated carbocycles. The summed E-state index contributed by atoms with van der Waals surface area (Å²) in [5, 5.41) is 1.76. The van der Waals surface area contributed by atoms with Crippen molar-refractivity contribution < 1.29 is 82.1 Å². The van der Waals surface area contributed by atoms with Gasteiger partial charge in [-0.05, 0) is 62.1 Å². The number of rotatable bonds is 10. The Hall–Kier alpha value is -1.17. The molecule has 0 spiro atoms. The molecule has 1 aliphatic carbocycles. The predicted octanol–water partition coefficient (Wildman–Crippen LogP) is 2.67. The molecule has 2 N–H and O–H groups in total. The van der Waals surface area contributed by atoms with Gasteiger partial charge in [0, 0.05) is 34.0 Å². The first kappa shape index (κ1) is 34.7. The Labute approximate surface area is 303 Å². The zero-order valence-electron chi connectivity index (χ0n) is 23.5. The Morgan fingerprint density at radius 3 is 1.47 bits per heavy atom. The maximum atomic E-state index is 13.3. The van der Waals surface area contributed by atoms with Crippen LogP contribution in [-0.2, 0) is 25.0 Å². The molecule has 14 heteroatoms. The van der Waals surface area contributed by atoms with Crippen LogP contribution in [0.15, 0.2) is 104 Å². The van der Waals surface area contributed by atoms with Crippen LogP contribution in [0.25, 0.3) is 0 Å². The molecule has 2 heterocycles. The largest absolute Gasteiger partial charge is 1.00 e. The molecule has 9 nitrogen and oxygen atoms in total. The Kier molecular flexibility index (Phi) is 12.1. The first-order chi connectivity index (χ1) is 20.0. The number of fused-ring (bicyclic) bond motifs is 2. The van der Waals surface area contributed by atoms with Crippen LogP contribution in [-0.4, -0.2) is 56.3 Å². The second kappa shape index (κ2) is 14.9. The van der Waals surface area contributed by atoms with Crippen LogP contribution in [0, 0.1) is 0 Å². The number of hydrogen-bond donors (Lipinski definition) is 2. The number of nitrogens with zero attached hydrogens (tertiary/aromatic N) is 2. The smallest absolute Gasteiger partial charge is 0.335 e. The van der Waals surface area contributed by atoms with Crippen molar-refractivity contribution in [1.82, 2.24) is 0 Å². The van der Waals surface area contributed by atoms with Gasteiger partial charge in [-0.15, -0.1) is 0 Å². The van der Waals surface area contributed by atoms with Crippen molar-refractivity contribution in [1.29, 1.82) is 0 Å². The minimum absolute atomic E-state index is 0. The average molecular weight is 686 g/mol. The van der Waals surface area contributed by atoms with Crippen molar-refractivity contribution in [3.8, 4) is 0 Å². The van der Waals surface area contributed by atoms with Crippen molar-refractivity contribution in [2.45, 2.75) is 35.5 Å². The summed E-state index contributed by atoms with van der Waals surface area (Å²) in [6.45, 7) is 0.818.